The van der Waals surface area contributed by atoms with Crippen molar-refractivity contribution in [2.45, 2.75) is 32.4 Å². The minimum absolute atomic E-state index is 0.0940. The fraction of sp³-hybridized carbons (Fsp3) is 0.280. The highest BCUT2D eigenvalue weighted by Gasteiger charge is 2.23. The molecule has 1 aliphatic heterocycles. The van der Waals surface area contributed by atoms with Gasteiger partial charge in [0.2, 0.25) is 0 Å². The zero-order valence-corrected chi connectivity index (χ0v) is 18.0. The highest BCUT2D eigenvalue weighted by molar-refractivity contribution is 5.92. The molecule has 1 aromatic heterocycles. The van der Waals surface area contributed by atoms with Crippen LogP contribution in [0.15, 0.2) is 60.7 Å². The molecule has 1 fully saturated rings. The molecular formula is C25H25N5O2. The number of ether oxygens (including phenoxy) is 1. The molecule has 7 nitrogen and oxygen atoms in total. The van der Waals surface area contributed by atoms with E-state index in [1.807, 2.05) is 49.4 Å². The average molecular weight is 428 g/mol. The van der Waals surface area contributed by atoms with Crippen molar-refractivity contribution in [1.29, 1.82) is 5.26 Å². The number of anilines is 1. The molecule has 2 heterocycles. The topological polar surface area (TPSA) is 91.1 Å². The van der Waals surface area contributed by atoms with Crippen molar-refractivity contribution in [3.05, 3.63) is 83.0 Å². The Morgan fingerprint density at radius 1 is 1.12 bits per heavy atom. The maximum absolute atomic E-state index is 12.5. The number of amides is 1. The molecule has 1 saturated heterocycles. The molecule has 0 spiro atoms. The fourth-order valence-electron chi connectivity index (χ4n) is 3.79. The van der Waals surface area contributed by atoms with Crippen molar-refractivity contribution < 1.29 is 9.53 Å². The van der Waals surface area contributed by atoms with Crippen LogP contribution in [0.4, 0.5) is 5.82 Å². The number of aryl methyl sites for hydroxylation is 1. The van der Waals surface area contributed by atoms with Crippen LogP contribution in [0, 0.1) is 18.3 Å². The summed E-state index contributed by atoms with van der Waals surface area (Å²) in [5.41, 5.74) is 2.87. The number of carbonyl (C=O) groups excluding carboxylic acids is 1. The number of rotatable bonds is 6. The van der Waals surface area contributed by atoms with E-state index in [9.17, 15) is 4.79 Å². The van der Waals surface area contributed by atoms with Gasteiger partial charge in [-0.1, -0.05) is 36.4 Å². The Balaban J connectivity index is 1.32. The zero-order chi connectivity index (χ0) is 22.3. The van der Waals surface area contributed by atoms with Crippen molar-refractivity contribution >= 4 is 11.7 Å². The molecule has 1 N–H and O–H groups in total. The van der Waals surface area contributed by atoms with Gasteiger partial charge in [-0.2, -0.15) is 5.26 Å². The third kappa shape index (κ3) is 5.22. The summed E-state index contributed by atoms with van der Waals surface area (Å²) >= 11 is 0. The van der Waals surface area contributed by atoms with Crippen LogP contribution >= 0.6 is 0 Å². The summed E-state index contributed by atoms with van der Waals surface area (Å²) < 4.78 is 6.06. The number of aromatic nitrogens is 2. The first-order valence-corrected chi connectivity index (χ1v) is 10.7. The minimum Gasteiger partial charge on any atom is -0.490 e. The number of benzene rings is 2. The number of piperidine rings is 1. The van der Waals surface area contributed by atoms with Crippen molar-refractivity contribution in [2.75, 3.05) is 18.0 Å². The molecule has 4 rings (SSSR count). The maximum Gasteiger partial charge on any atom is 0.272 e. The van der Waals surface area contributed by atoms with Crippen LogP contribution in [0.1, 0.15) is 40.0 Å². The molecule has 162 valence electrons. The Bertz CT molecular complexity index is 1120. The van der Waals surface area contributed by atoms with Gasteiger partial charge in [0.1, 0.15) is 11.9 Å². The van der Waals surface area contributed by atoms with Crippen LogP contribution < -0.4 is 15.0 Å². The van der Waals surface area contributed by atoms with Crippen LogP contribution in [0.2, 0.25) is 0 Å². The summed E-state index contributed by atoms with van der Waals surface area (Å²) in [5, 5.41) is 20.4. The lowest BCUT2D eigenvalue weighted by Gasteiger charge is -2.33. The van der Waals surface area contributed by atoms with E-state index in [1.54, 1.807) is 18.2 Å². The number of hydrogen-bond donors (Lipinski definition) is 1. The molecule has 2 aromatic carbocycles. The highest BCUT2D eigenvalue weighted by atomic mass is 16.5. The molecule has 0 unspecified atom stereocenters. The molecule has 1 aliphatic rings. The van der Waals surface area contributed by atoms with Gasteiger partial charge < -0.3 is 15.0 Å². The number of carbonyl (C=O) groups is 1. The normalized spacial score (nSPS) is 13.9. The highest BCUT2D eigenvalue weighted by Crippen LogP contribution is 2.24. The second-order valence-electron chi connectivity index (χ2n) is 7.85. The van der Waals surface area contributed by atoms with Gasteiger partial charge in [-0.3, -0.25) is 4.79 Å². The largest absolute Gasteiger partial charge is 0.490 e. The van der Waals surface area contributed by atoms with E-state index >= 15 is 0 Å². The van der Waals surface area contributed by atoms with Crippen molar-refractivity contribution in [3.8, 4) is 11.8 Å². The molecule has 7 heteroatoms. The minimum atomic E-state index is -0.234. The Morgan fingerprint density at radius 3 is 2.62 bits per heavy atom. The summed E-state index contributed by atoms with van der Waals surface area (Å²) in [4.78, 5) is 14.6. The van der Waals surface area contributed by atoms with Gasteiger partial charge >= 0.3 is 0 Å². The molecule has 0 saturated carbocycles. The second-order valence-corrected chi connectivity index (χ2v) is 7.85. The monoisotopic (exact) mass is 427 g/mol. The Hall–Kier alpha value is -3.92. The van der Waals surface area contributed by atoms with E-state index in [4.69, 9.17) is 10.00 Å². The van der Waals surface area contributed by atoms with Gasteiger partial charge in [-0.15, -0.1) is 10.2 Å². The first-order valence-electron chi connectivity index (χ1n) is 10.7. The van der Waals surface area contributed by atoms with Gasteiger partial charge in [-0.05, 0) is 42.3 Å². The fourth-order valence-corrected chi connectivity index (χ4v) is 3.79. The third-order valence-corrected chi connectivity index (χ3v) is 5.49. The molecule has 0 bridgehead atoms. The first-order chi connectivity index (χ1) is 15.6. The first kappa shape index (κ1) is 21.3. The SMILES string of the molecule is Cc1cc(C(=O)NCc2ccccc2)nnc1N1CCC(Oc2cccc(C#N)c2)CC1. The molecule has 3 aromatic rings. The standard InChI is InChI=1S/C25H25N5O2/c1-18-14-23(25(31)27-17-19-6-3-2-4-7-19)28-29-24(18)30-12-10-21(11-13-30)32-22-9-5-8-20(15-22)16-26/h2-9,14-15,21H,10-13,17H2,1H3,(H,27,31). The predicted octanol–water partition coefficient (Wildman–Crippen LogP) is 3.63. The van der Waals surface area contributed by atoms with Crippen LogP contribution in [0.25, 0.3) is 0 Å². The van der Waals surface area contributed by atoms with E-state index in [2.05, 4.69) is 26.5 Å². The van der Waals surface area contributed by atoms with Crippen LogP contribution in [-0.4, -0.2) is 35.3 Å². The molecule has 0 atom stereocenters. The Kier molecular flexibility index (Phi) is 6.61. The summed E-state index contributed by atoms with van der Waals surface area (Å²) in [7, 11) is 0. The maximum atomic E-state index is 12.5. The molecule has 0 radical (unpaired) electrons. The lowest BCUT2D eigenvalue weighted by Crippen LogP contribution is -2.39. The summed E-state index contributed by atoms with van der Waals surface area (Å²) in [5.74, 6) is 1.29. The third-order valence-electron chi connectivity index (χ3n) is 5.49. The number of nitrogens with zero attached hydrogens (tertiary/aromatic N) is 4. The Labute approximate surface area is 187 Å². The van der Waals surface area contributed by atoms with E-state index in [1.165, 1.54) is 0 Å². The Morgan fingerprint density at radius 2 is 1.91 bits per heavy atom. The number of nitriles is 1. The van der Waals surface area contributed by atoms with Gasteiger partial charge in [0.05, 0.1) is 11.6 Å². The van der Waals surface area contributed by atoms with Gasteiger partial charge in [-0.25, -0.2) is 0 Å². The second kappa shape index (κ2) is 9.92. The van der Waals surface area contributed by atoms with Crippen LogP contribution in [0.3, 0.4) is 0 Å². The summed E-state index contributed by atoms with van der Waals surface area (Å²) in [6, 6.07) is 20.9. The van der Waals surface area contributed by atoms with Crippen molar-refractivity contribution in [2.24, 2.45) is 0 Å². The van der Waals surface area contributed by atoms with Gasteiger partial charge in [0.25, 0.3) is 5.91 Å². The molecular weight excluding hydrogens is 402 g/mol. The number of nitrogens with one attached hydrogen (secondary N) is 1. The van der Waals surface area contributed by atoms with Gasteiger partial charge in [0.15, 0.2) is 11.5 Å². The average Bonchev–Trinajstić information content (AvgIpc) is 2.84. The lowest BCUT2D eigenvalue weighted by atomic mass is 10.1. The molecule has 32 heavy (non-hydrogen) atoms. The quantitative estimate of drug-likeness (QED) is 0.646. The van der Waals surface area contributed by atoms with E-state index < -0.39 is 0 Å². The smallest absolute Gasteiger partial charge is 0.272 e. The van der Waals surface area contributed by atoms with Crippen LogP contribution in [0.5, 0.6) is 5.75 Å². The predicted molar refractivity (Wildman–Crippen MR) is 121 cm³/mol. The summed E-state index contributed by atoms with van der Waals surface area (Å²) in [6.07, 6.45) is 1.78. The van der Waals surface area contributed by atoms with Crippen molar-refractivity contribution in [1.82, 2.24) is 15.5 Å². The zero-order valence-electron chi connectivity index (χ0n) is 18.0. The number of hydrogen-bond acceptors (Lipinski definition) is 6. The van der Waals surface area contributed by atoms with Crippen LogP contribution in [-0.2, 0) is 6.54 Å². The van der Waals surface area contributed by atoms with E-state index in [0.29, 0.717) is 17.8 Å². The van der Waals surface area contributed by atoms with Crippen molar-refractivity contribution in [3.63, 3.8) is 0 Å². The molecule has 0 aliphatic carbocycles. The molecule has 1 amide bonds. The lowest BCUT2D eigenvalue weighted by molar-refractivity contribution is 0.0945. The van der Waals surface area contributed by atoms with E-state index in [-0.39, 0.29) is 12.0 Å². The van der Waals surface area contributed by atoms with Gasteiger partial charge in [0, 0.05) is 32.5 Å². The van der Waals surface area contributed by atoms with E-state index in [0.717, 1.165) is 48.6 Å². The summed E-state index contributed by atoms with van der Waals surface area (Å²) in [6.45, 7) is 3.98.